The van der Waals surface area contributed by atoms with Crippen LogP contribution in [0.15, 0.2) is 12.2 Å². The van der Waals surface area contributed by atoms with E-state index in [0.29, 0.717) is 23.4 Å². The van der Waals surface area contributed by atoms with E-state index in [0.717, 1.165) is 48.9 Å². The van der Waals surface area contributed by atoms with Gasteiger partial charge in [-0.15, -0.1) is 0 Å². The van der Waals surface area contributed by atoms with Crippen LogP contribution in [0.25, 0.3) is 0 Å². The van der Waals surface area contributed by atoms with Gasteiger partial charge in [0.25, 0.3) is 0 Å². The second-order valence-electron chi connectivity index (χ2n) is 13.8. The van der Waals surface area contributed by atoms with E-state index < -0.39 is 0 Å². The topological polar surface area (TPSA) is 38.8 Å². The van der Waals surface area contributed by atoms with E-state index in [2.05, 4.69) is 53.7 Å². The molecule has 3 nitrogen and oxygen atoms in total. The Kier molecular flexibility index (Phi) is 6.31. The molecule has 0 aromatic rings. The predicted molar refractivity (Wildman–Crippen MR) is 137 cm³/mol. The molecule has 0 unspecified atom stereocenters. The normalized spacial score (nSPS) is 49.1. The molecule has 3 heteroatoms. The molecule has 1 saturated heterocycles. The Hall–Kier alpha value is -0.830. The van der Waals surface area contributed by atoms with Crippen molar-refractivity contribution in [2.75, 3.05) is 0 Å². The van der Waals surface area contributed by atoms with E-state index in [-0.39, 0.29) is 23.1 Å². The van der Waals surface area contributed by atoms with Gasteiger partial charge < -0.3 is 9.47 Å². The zero-order valence-corrected chi connectivity index (χ0v) is 22.9. The molecular formula is C31H50O3. The number of carbonyl (C=O) groups is 1. The summed E-state index contributed by atoms with van der Waals surface area (Å²) in [4.78, 5) is 11.6. The zero-order chi connectivity index (χ0) is 24.5. The molecule has 0 radical (unpaired) electrons. The van der Waals surface area contributed by atoms with Crippen LogP contribution in [0.5, 0.6) is 0 Å². The van der Waals surface area contributed by atoms with Crippen LogP contribution < -0.4 is 0 Å². The van der Waals surface area contributed by atoms with Gasteiger partial charge >= 0.3 is 5.97 Å². The zero-order valence-electron chi connectivity index (χ0n) is 22.9. The van der Waals surface area contributed by atoms with E-state index in [1.165, 1.54) is 38.5 Å². The molecule has 34 heavy (non-hydrogen) atoms. The largest absolute Gasteiger partial charge is 0.462 e. The molecule has 0 bridgehead atoms. The monoisotopic (exact) mass is 470 g/mol. The van der Waals surface area contributed by atoms with Gasteiger partial charge in [0.05, 0.1) is 6.10 Å². The summed E-state index contributed by atoms with van der Waals surface area (Å²) in [5.74, 6) is 5.24. The van der Waals surface area contributed by atoms with E-state index in [9.17, 15) is 4.79 Å². The average Bonchev–Trinajstić information content (AvgIpc) is 3.34. The standard InChI is InChI=1S/C31H50O3/c1-8-22(19(2)3)10-9-20(4)25-11-12-26-24-17-28-31(34-28)18-23(33-21(5)32)13-16-30(31,7)27(24)14-15-29(25,26)6/h9-10,19-20,22-28H,8,11-18H2,1-7H3/b10-9+/t20-,22-,23+,24+,25-,26+,27+,28-,29+,30+,31+/m0/s1. The fraction of sp³-hybridized carbons (Fsp3) is 0.903. The van der Waals surface area contributed by atoms with Crippen molar-refractivity contribution in [1.29, 1.82) is 0 Å². The van der Waals surface area contributed by atoms with Gasteiger partial charge in [0.1, 0.15) is 11.7 Å². The number of ether oxygens (including phenoxy) is 2. The van der Waals surface area contributed by atoms with Crippen LogP contribution in [0.2, 0.25) is 0 Å². The number of allylic oxidation sites excluding steroid dienone is 2. The molecule has 4 saturated carbocycles. The van der Waals surface area contributed by atoms with E-state index in [1.54, 1.807) is 6.92 Å². The minimum atomic E-state index is -0.136. The van der Waals surface area contributed by atoms with E-state index >= 15 is 0 Å². The van der Waals surface area contributed by atoms with Crippen molar-refractivity contribution in [3.8, 4) is 0 Å². The number of rotatable bonds is 6. The summed E-state index contributed by atoms with van der Waals surface area (Å²) >= 11 is 0. The second-order valence-corrected chi connectivity index (χ2v) is 13.8. The SMILES string of the molecule is CC[C@@H](/C=C/[C@H](C)[C@@H]1CC[C@@H]2[C@H]3C[C@@H]4O[C@]45C[C@H](OC(C)=O)CC[C@]5(C)[C@@H]3CC[C@@]21C)C(C)C. The first-order valence-corrected chi connectivity index (χ1v) is 14.6. The minimum absolute atomic E-state index is 0.0136. The fourth-order valence-corrected chi connectivity index (χ4v) is 10.2. The third-order valence-electron chi connectivity index (χ3n) is 12.1. The van der Waals surface area contributed by atoms with Gasteiger partial charge in [-0.2, -0.15) is 0 Å². The second kappa shape index (κ2) is 8.63. The Balaban J connectivity index is 1.32. The Morgan fingerprint density at radius 2 is 1.82 bits per heavy atom. The summed E-state index contributed by atoms with van der Waals surface area (Å²) in [6, 6.07) is 0. The Labute approximate surface area is 208 Å². The van der Waals surface area contributed by atoms with E-state index in [1.807, 2.05) is 0 Å². The maximum Gasteiger partial charge on any atom is 0.302 e. The molecule has 1 spiro atoms. The molecule has 0 amide bonds. The Bertz CT molecular complexity index is 817. The number of epoxide rings is 1. The highest BCUT2D eigenvalue weighted by molar-refractivity contribution is 5.66. The minimum Gasteiger partial charge on any atom is -0.462 e. The first-order valence-electron chi connectivity index (χ1n) is 14.6. The number of hydrogen-bond acceptors (Lipinski definition) is 3. The molecule has 11 atom stereocenters. The van der Waals surface area contributed by atoms with Crippen LogP contribution in [0.1, 0.15) is 106 Å². The third kappa shape index (κ3) is 3.65. The molecule has 0 aromatic heterocycles. The van der Waals surface area contributed by atoms with Crippen LogP contribution in [0.3, 0.4) is 0 Å². The predicted octanol–water partition coefficient (Wildman–Crippen LogP) is 7.58. The molecule has 1 heterocycles. The molecule has 5 fully saturated rings. The first kappa shape index (κ1) is 24.8. The molecule has 5 rings (SSSR count). The third-order valence-corrected chi connectivity index (χ3v) is 12.1. The van der Waals surface area contributed by atoms with Crippen molar-refractivity contribution in [3.63, 3.8) is 0 Å². The van der Waals surface area contributed by atoms with Crippen LogP contribution in [0, 0.1) is 52.3 Å². The van der Waals surface area contributed by atoms with Gasteiger partial charge in [-0.05, 0) is 98.2 Å². The lowest BCUT2D eigenvalue weighted by molar-refractivity contribution is -0.157. The average molecular weight is 471 g/mol. The molecule has 4 aliphatic carbocycles. The van der Waals surface area contributed by atoms with Crippen molar-refractivity contribution in [1.82, 2.24) is 0 Å². The van der Waals surface area contributed by atoms with Crippen molar-refractivity contribution in [3.05, 3.63) is 12.2 Å². The summed E-state index contributed by atoms with van der Waals surface area (Å²) in [7, 11) is 0. The number of hydrogen-bond donors (Lipinski definition) is 0. The molecule has 0 aromatic carbocycles. The number of esters is 1. The lowest BCUT2D eigenvalue weighted by Crippen LogP contribution is -2.59. The molecular weight excluding hydrogens is 420 g/mol. The summed E-state index contributed by atoms with van der Waals surface area (Å²) in [6.07, 6.45) is 16.7. The van der Waals surface area contributed by atoms with Crippen LogP contribution in [-0.4, -0.2) is 23.8 Å². The van der Waals surface area contributed by atoms with Crippen molar-refractivity contribution in [2.24, 2.45) is 52.3 Å². The van der Waals surface area contributed by atoms with Gasteiger partial charge in [0, 0.05) is 18.8 Å². The van der Waals surface area contributed by atoms with Gasteiger partial charge in [-0.25, -0.2) is 0 Å². The fourth-order valence-electron chi connectivity index (χ4n) is 10.2. The number of fused-ring (bicyclic) bond motifs is 4. The maximum atomic E-state index is 11.6. The van der Waals surface area contributed by atoms with Gasteiger partial charge in [-0.1, -0.05) is 53.7 Å². The highest BCUT2D eigenvalue weighted by Gasteiger charge is 2.76. The van der Waals surface area contributed by atoms with Gasteiger partial charge in [0.15, 0.2) is 0 Å². The van der Waals surface area contributed by atoms with Crippen molar-refractivity contribution in [2.45, 2.75) is 124 Å². The molecule has 1 aliphatic heterocycles. The van der Waals surface area contributed by atoms with Crippen LogP contribution >= 0.6 is 0 Å². The summed E-state index contributed by atoms with van der Waals surface area (Å²) in [5, 5.41) is 0. The highest BCUT2D eigenvalue weighted by atomic mass is 16.6. The Morgan fingerprint density at radius 1 is 1.06 bits per heavy atom. The lowest BCUT2D eigenvalue weighted by Gasteiger charge is -2.59. The molecule has 192 valence electrons. The maximum absolute atomic E-state index is 11.6. The number of carbonyl (C=O) groups excluding carboxylic acids is 1. The molecule has 0 N–H and O–H groups in total. The summed E-state index contributed by atoms with van der Waals surface area (Å²) < 4.78 is 12.3. The first-order chi connectivity index (χ1) is 16.1. The smallest absolute Gasteiger partial charge is 0.302 e. The highest BCUT2D eigenvalue weighted by Crippen LogP contribution is 2.74. The van der Waals surface area contributed by atoms with Crippen LogP contribution in [-0.2, 0) is 14.3 Å². The van der Waals surface area contributed by atoms with E-state index in [4.69, 9.17) is 9.47 Å². The van der Waals surface area contributed by atoms with Crippen LogP contribution in [0.4, 0.5) is 0 Å². The van der Waals surface area contributed by atoms with Gasteiger partial charge in [0.2, 0.25) is 0 Å². The summed E-state index contributed by atoms with van der Waals surface area (Å²) in [5.41, 5.74) is 0.721. The quantitative estimate of drug-likeness (QED) is 0.228. The lowest BCUT2D eigenvalue weighted by atomic mass is 9.44. The molecule has 5 aliphatic rings. The summed E-state index contributed by atoms with van der Waals surface area (Å²) in [6.45, 7) is 16.3. The van der Waals surface area contributed by atoms with Crippen molar-refractivity contribution >= 4 is 5.97 Å². The van der Waals surface area contributed by atoms with Gasteiger partial charge in [-0.3, -0.25) is 4.79 Å². The Morgan fingerprint density at radius 3 is 2.50 bits per heavy atom. The van der Waals surface area contributed by atoms with Crippen molar-refractivity contribution < 1.29 is 14.3 Å².